The third-order valence-electron chi connectivity index (χ3n) is 9.63. The number of imidazole rings is 2. The van der Waals surface area contributed by atoms with Crippen LogP contribution in [0.2, 0.25) is 0 Å². The van der Waals surface area contributed by atoms with Crippen molar-refractivity contribution in [2.75, 3.05) is 0 Å². The maximum Gasteiger partial charge on any atom is 2.00 e. The van der Waals surface area contributed by atoms with Crippen LogP contribution in [0.4, 0.5) is 0 Å². The summed E-state index contributed by atoms with van der Waals surface area (Å²) in [6.45, 7) is 7.81. The minimum atomic E-state index is -0.189. The molecule has 0 unspecified atom stereocenters. The summed E-state index contributed by atoms with van der Waals surface area (Å²) in [4.78, 5) is 79.2. The topological polar surface area (TPSA) is 148 Å². The Balaban J connectivity index is 0.000000153. The smallest absolute Gasteiger partial charge is 0.434 e. The first kappa shape index (κ1) is 35.3. The van der Waals surface area contributed by atoms with Crippen molar-refractivity contribution >= 4 is 45.2 Å². The Labute approximate surface area is 324 Å². The number of nitrogens with zero attached hydrogens (tertiary/aromatic N) is 6. The average Bonchev–Trinajstić information content (AvgIpc) is 3.80. The number of rotatable bonds is 2. The Bertz CT molecular complexity index is 2740. The number of benzene rings is 4. The van der Waals surface area contributed by atoms with Crippen LogP contribution in [0.3, 0.4) is 0 Å². The molecule has 0 saturated carbocycles. The summed E-state index contributed by atoms with van der Waals surface area (Å²) in [6, 6.07) is 28.4. The van der Waals surface area contributed by atoms with Crippen molar-refractivity contribution in [2.24, 2.45) is 0 Å². The van der Waals surface area contributed by atoms with E-state index in [-0.39, 0.29) is 39.9 Å². The van der Waals surface area contributed by atoms with Crippen molar-refractivity contribution < 1.29 is 36.0 Å². The molecule has 10 nitrogen and oxygen atoms in total. The summed E-state index contributed by atoms with van der Waals surface area (Å²) in [5.74, 6) is 0.234. The molecule has 0 bridgehead atoms. The van der Waals surface area contributed by atoms with E-state index < -0.39 is 0 Å². The second-order valence-electron chi connectivity index (χ2n) is 13.6. The zero-order valence-electron chi connectivity index (χ0n) is 29.9. The molecule has 0 spiro atoms. The van der Waals surface area contributed by atoms with E-state index in [9.17, 15) is 19.2 Å². The van der Waals surface area contributed by atoms with Gasteiger partial charge >= 0.3 is 16.8 Å². The van der Waals surface area contributed by atoms with Crippen LogP contribution in [0.25, 0.3) is 45.1 Å². The summed E-state index contributed by atoms with van der Waals surface area (Å²) < 4.78 is 0. The SMILES string of the molecule is Cc1cc(C)nc(-c2nc3ccc4c(c3[n-]2)C(=O)c2ccccc2C4=O)c1.Cc1cc(C)nc(-c2nc3ccc4c(c3[n-]2)C(=O)c2ccccc2C4=O)c1.[Co+2]. The summed E-state index contributed by atoms with van der Waals surface area (Å²) in [6.07, 6.45) is 0. The fraction of sp³-hybridized carbons (Fsp3) is 0.0909. The van der Waals surface area contributed by atoms with Gasteiger partial charge in [0.2, 0.25) is 0 Å². The van der Waals surface area contributed by atoms with Gasteiger partial charge in [0.15, 0.2) is 23.1 Å². The summed E-state index contributed by atoms with van der Waals surface area (Å²) in [5, 5.41) is 0. The van der Waals surface area contributed by atoms with Gasteiger partial charge in [-0.2, -0.15) is 0 Å². The van der Waals surface area contributed by atoms with Gasteiger partial charge in [-0.25, -0.2) is 0 Å². The van der Waals surface area contributed by atoms with Gasteiger partial charge in [0.25, 0.3) is 0 Å². The Morgan fingerprint density at radius 2 is 0.782 bits per heavy atom. The summed E-state index contributed by atoms with van der Waals surface area (Å²) >= 11 is 0. The van der Waals surface area contributed by atoms with Crippen molar-refractivity contribution in [3.05, 3.63) is 164 Å². The fourth-order valence-electron chi connectivity index (χ4n) is 7.35. The van der Waals surface area contributed by atoms with Gasteiger partial charge in [0, 0.05) is 55.9 Å². The second kappa shape index (κ2) is 13.3. The van der Waals surface area contributed by atoms with Crippen LogP contribution < -0.4 is 9.97 Å². The summed E-state index contributed by atoms with van der Waals surface area (Å²) in [5.41, 5.74) is 10.4. The molecule has 11 heteroatoms. The van der Waals surface area contributed by atoms with Gasteiger partial charge in [0.05, 0.1) is 11.4 Å². The molecule has 0 N–H and O–H groups in total. The minimum absolute atomic E-state index is 0. The molecule has 8 aromatic rings. The van der Waals surface area contributed by atoms with Crippen LogP contribution in [0.5, 0.6) is 0 Å². The fourth-order valence-corrected chi connectivity index (χ4v) is 7.35. The van der Waals surface area contributed by atoms with Gasteiger partial charge in [-0.05, 0) is 96.8 Å². The van der Waals surface area contributed by atoms with E-state index in [2.05, 4.69) is 29.9 Å². The Morgan fingerprint density at radius 3 is 1.15 bits per heavy atom. The zero-order chi connectivity index (χ0) is 37.4. The number of ketones is 4. The van der Waals surface area contributed by atoms with E-state index in [0.29, 0.717) is 89.6 Å². The molecule has 0 atom stereocenters. The van der Waals surface area contributed by atoms with E-state index in [1.54, 1.807) is 72.8 Å². The first-order valence-corrected chi connectivity index (χ1v) is 17.3. The van der Waals surface area contributed by atoms with Crippen LogP contribution in [-0.4, -0.2) is 43.1 Å². The van der Waals surface area contributed by atoms with E-state index >= 15 is 0 Å². The molecule has 4 heterocycles. The van der Waals surface area contributed by atoms with Crippen molar-refractivity contribution in [2.45, 2.75) is 27.7 Å². The molecule has 267 valence electrons. The van der Waals surface area contributed by atoms with Crippen LogP contribution in [0.15, 0.2) is 97.1 Å². The predicted molar refractivity (Wildman–Crippen MR) is 202 cm³/mol. The molecular formula is C44H28CoN6O4. The number of carbonyl (C=O) groups excluding carboxylic acids is 4. The molecule has 2 aliphatic carbocycles. The van der Waals surface area contributed by atoms with Crippen molar-refractivity contribution in [3.63, 3.8) is 0 Å². The molecule has 0 fully saturated rings. The van der Waals surface area contributed by atoms with Crippen molar-refractivity contribution in [3.8, 4) is 23.0 Å². The number of aromatic nitrogens is 6. The average molecular weight is 764 g/mol. The minimum Gasteiger partial charge on any atom is -0.434 e. The molecule has 55 heavy (non-hydrogen) atoms. The summed E-state index contributed by atoms with van der Waals surface area (Å²) in [7, 11) is 0. The first-order valence-electron chi connectivity index (χ1n) is 17.3. The Kier molecular flexibility index (Phi) is 8.55. The molecule has 4 aromatic carbocycles. The number of hydrogen-bond donors (Lipinski definition) is 0. The number of carbonyl (C=O) groups is 4. The quantitative estimate of drug-likeness (QED) is 0.176. The molecule has 4 aromatic heterocycles. The standard InChI is InChI=1S/2C22H15N3O2.Co/c2*1-11-9-12(2)23-17(10-11)22-24-16-8-7-15-18(19(16)25-22)21(27)14-6-4-3-5-13(14)20(15)26;/h2*3-10H,1-2H3,(H,23,24,25,26,27);/q;;+2/p-2. The van der Waals surface area contributed by atoms with E-state index in [1.807, 2.05) is 52.0 Å². The molecule has 0 saturated heterocycles. The molecule has 10 rings (SSSR count). The normalized spacial score (nSPS) is 12.7. The van der Waals surface area contributed by atoms with Crippen LogP contribution in [0.1, 0.15) is 86.2 Å². The van der Waals surface area contributed by atoms with Gasteiger partial charge in [-0.1, -0.05) is 72.8 Å². The molecule has 0 aliphatic heterocycles. The number of aryl methyl sites for hydroxylation is 4. The van der Waals surface area contributed by atoms with Crippen LogP contribution in [0, 0.1) is 27.7 Å². The van der Waals surface area contributed by atoms with E-state index in [0.717, 1.165) is 22.5 Å². The third-order valence-corrected chi connectivity index (χ3v) is 9.63. The maximum absolute atomic E-state index is 13.1. The molecule has 2 aliphatic rings. The van der Waals surface area contributed by atoms with E-state index in [4.69, 9.17) is 0 Å². The van der Waals surface area contributed by atoms with Crippen LogP contribution in [-0.2, 0) is 16.8 Å². The van der Waals surface area contributed by atoms with Crippen molar-refractivity contribution in [1.82, 2.24) is 29.9 Å². The number of fused-ring (bicyclic) bond motifs is 8. The monoisotopic (exact) mass is 763 g/mol. The first-order chi connectivity index (χ1) is 26.0. The third kappa shape index (κ3) is 5.81. The number of hydrogen-bond acceptors (Lipinski definition) is 8. The predicted octanol–water partition coefficient (Wildman–Crippen LogP) is 7.29. The van der Waals surface area contributed by atoms with Gasteiger partial charge in [-0.3, -0.25) is 29.1 Å². The zero-order valence-corrected chi connectivity index (χ0v) is 30.9. The maximum atomic E-state index is 13.1. The largest absolute Gasteiger partial charge is 2.00 e. The Hall–Kier alpha value is -6.69. The van der Waals surface area contributed by atoms with Crippen LogP contribution >= 0.6 is 0 Å². The Morgan fingerprint density at radius 1 is 0.418 bits per heavy atom. The molecule has 1 radical (unpaired) electrons. The van der Waals surface area contributed by atoms with Gasteiger partial charge < -0.3 is 19.9 Å². The van der Waals surface area contributed by atoms with Crippen molar-refractivity contribution in [1.29, 1.82) is 0 Å². The van der Waals surface area contributed by atoms with E-state index in [1.165, 1.54) is 0 Å². The molecule has 0 amide bonds. The second-order valence-corrected chi connectivity index (χ2v) is 13.6. The van der Waals surface area contributed by atoms with Gasteiger partial charge in [0.1, 0.15) is 0 Å². The molecular weight excluding hydrogens is 735 g/mol. The number of pyridine rings is 2. The van der Waals surface area contributed by atoms with Gasteiger partial charge in [-0.15, -0.1) is 0 Å².